The Morgan fingerprint density at radius 3 is 1.21 bits per heavy atom. The van der Waals surface area contributed by atoms with Gasteiger partial charge in [-0.15, -0.1) is 0 Å². The average Bonchev–Trinajstić information content (AvgIpc) is 3.67. The van der Waals surface area contributed by atoms with Crippen LogP contribution in [0.25, 0.3) is 0 Å². The minimum atomic E-state index is -4.73. The van der Waals surface area contributed by atoms with Crippen LogP contribution < -0.4 is 0 Å². The Morgan fingerprint density at radius 2 is 0.889 bits per heavy atom. The zero-order valence-corrected chi connectivity index (χ0v) is 43.9. The van der Waals surface area contributed by atoms with Crippen molar-refractivity contribution >= 4 is 39.2 Å². The predicted molar refractivity (Wildman–Crippen MR) is 268 cm³/mol. The van der Waals surface area contributed by atoms with Gasteiger partial charge in [0.05, 0.1) is 13.2 Å². The van der Waals surface area contributed by atoms with Crippen LogP contribution in [0.3, 0.4) is 0 Å². The second-order valence-corrected chi connectivity index (χ2v) is 21.8. The van der Waals surface area contributed by atoms with Crippen molar-refractivity contribution in [3.05, 3.63) is 153 Å². The number of cyclic esters (lactones) is 2. The number of carbonyl (C=O) groups excluding carboxylic acids is 4. The van der Waals surface area contributed by atoms with Gasteiger partial charge in [0, 0.05) is 12.8 Å². The number of esters is 2. The Bertz CT molecular complexity index is 2490. The fourth-order valence-electron chi connectivity index (χ4n) is 8.06. The predicted octanol–water partition coefficient (Wildman–Crippen LogP) is 10.5. The van der Waals surface area contributed by atoms with Gasteiger partial charge in [-0.25, -0.2) is 18.7 Å². The third kappa shape index (κ3) is 16.4. The number of phosphoric ester groups is 2. The smallest absolute Gasteiger partial charge is 0.472 e. The summed E-state index contributed by atoms with van der Waals surface area (Å²) in [4.78, 5) is 70.0. The van der Waals surface area contributed by atoms with E-state index >= 15 is 0 Å². The standard InChI is InChI=1S/C52H66O18P2/c1-31(17-13-19-33(3)21-23-37-35(5)43(53)41(29-51(37,7)8)69-71(61,62)65-27-25-39-45(55)47(57)49(59)67-39)15-11-12-16-32(2)18-14-20-34(4)22-24-38-36(6)44(54)42(30-52(38,9)10)70-72(63,64)66-28-26-40-46(56)48(58)50(60)68-40/h11-24,39-42,55-58H,25-30H2,1-10H3,(H,61,62)(H,63,64)/b12-11+,17-13+,18-14+,23-21+,24-22+,31-15+,32-16+,33-19+,34-20+/t39-,40-,41?,42?/m1/s1. The summed E-state index contributed by atoms with van der Waals surface area (Å²) in [6.07, 6.45) is 21.7. The summed E-state index contributed by atoms with van der Waals surface area (Å²) in [5.74, 6) is -6.41. The van der Waals surface area contributed by atoms with E-state index in [2.05, 4.69) is 0 Å². The van der Waals surface area contributed by atoms with Crippen molar-refractivity contribution in [3.63, 3.8) is 0 Å². The Balaban J connectivity index is 1.25. The van der Waals surface area contributed by atoms with Crippen molar-refractivity contribution in [3.8, 4) is 0 Å². The molecule has 4 aliphatic rings. The maximum atomic E-state index is 13.3. The Kier molecular flexibility index (Phi) is 20.3. The van der Waals surface area contributed by atoms with Crippen molar-refractivity contribution in [1.82, 2.24) is 0 Å². The molecule has 392 valence electrons. The summed E-state index contributed by atoms with van der Waals surface area (Å²) in [5, 5.41) is 38.3. The molecule has 4 rings (SSSR count). The Hall–Kier alpha value is -5.68. The number of allylic oxidation sites excluding steroid dienone is 20. The summed E-state index contributed by atoms with van der Waals surface area (Å²) in [6.45, 7) is 17.7. The zero-order chi connectivity index (χ0) is 53.9. The minimum Gasteiger partial charge on any atom is -0.505 e. The van der Waals surface area contributed by atoms with Gasteiger partial charge in [0.1, 0.15) is 12.2 Å². The highest BCUT2D eigenvalue weighted by molar-refractivity contribution is 7.47. The molecule has 0 bridgehead atoms. The van der Waals surface area contributed by atoms with Gasteiger partial charge in [-0.05, 0) is 87.5 Å². The largest absolute Gasteiger partial charge is 0.505 e. The van der Waals surface area contributed by atoms with E-state index in [9.17, 15) is 58.5 Å². The molecule has 2 heterocycles. The van der Waals surface area contributed by atoms with Gasteiger partial charge in [-0.1, -0.05) is 135 Å². The molecule has 0 saturated carbocycles. The molecule has 0 fully saturated rings. The summed E-state index contributed by atoms with van der Waals surface area (Å²) in [6, 6.07) is 0. The molecule has 6 atom stereocenters. The molecule has 18 nitrogen and oxygen atoms in total. The van der Waals surface area contributed by atoms with E-state index in [1.54, 1.807) is 13.8 Å². The SMILES string of the molecule is CC1=C(/C=C/C(C)=C/C=C/C(C)=C/C=C/C=C(C)/C=C/C=C(C)/C=C/C2=C(C)C(=O)C(OP(=O)(O)OCC[C@H]3OC(=O)C(O)=C3O)CC2(C)C)C(C)(C)CC(OP(=O)(O)OCC[C@H]2OC(=O)C(O)=C2O)C1=O. The van der Waals surface area contributed by atoms with Gasteiger partial charge >= 0.3 is 27.6 Å². The number of hydrogen-bond acceptors (Lipinski definition) is 16. The van der Waals surface area contributed by atoms with Crippen LogP contribution in [0.1, 0.15) is 94.9 Å². The summed E-state index contributed by atoms with van der Waals surface area (Å²) < 4.78 is 55.5. The van der Waals surface area contributed by atoms with E-state index in [1.165, 1.54) is 0 Å². The number of hydrogen-bond donors (Lipinski definition) is 6. The lowest BCUT2D eigenvalue weighted by Gasteiger charge is -2.36. The first-order chi connectivity index (χ1) is 33.4. The highest BCUT2D eigenvalue weighted by Crippen LogP contribution is 2.51. The van der Waals surface area contributed by atoms with E-state index in [4.69, 9.17) is 27.6 Å². The van der Waals surface area contributed by atoms with Gasteiger partial charge in [0.25, 0.3) is 0 Å². The van der Waals surface area contributed by atoms with Crippen molar-refractivity contribution in [1.29, 1.82) is 0 Å². The van der Waals surface area contributed by atoms with E-state index in [-0.39, 0.29) is 25.7 Å². The van der Waals surface area contributed by atoms with Crippen LogP contribution in [0.2, 0.25) is 0 Å². The maximum absolute atomic E-state index is 13.3. The minimum absolute atomic E-state index is 0.103. The second kappa shape index (κ2) is 24.8. The van der Waals surface area contributed by atoms with E-state index in [0.717, 1.165) is 33.4 Å². The Labute approximate surface area is 420 Å². The topological polar surface area (TPSA) is 279 Å². The molecule has 4 unspecified atom stereocenters. The third-order valence-electron chi connectivity index (χ3n) is 12.0. The molecule has 6 N–H and O–H groups in total. The normalized spacial score (nSPS) is 25.7. The number of aliphatic hydroxyl groups excluding tert-OH is 4. The fraction of sp³-hybridized carbons (Fsp3) is 0.423. The number of aliphatic hydroxyl groups is 4. The summed E-state index contributed by atoms with van der Waals surface area (Å²) in [5.41, 5.74) is 4.87. The molecule has 0 aromatic heterocycles. The molecule has 0 radical (unpaired) electrons. The lowest BCUT2D eigenvalue weighted by molar-refractivity contribution is -0.143. The molecular formula is C52H66O18P2. The maximum Gasteiger partial charge on any atom is 0.472 e. The fourth-order valence-corrected chi connectivity index (χ4v) is 9.83. The molecular weight excluding hydrogens is 975 g/mol. The van der Waals surface area contributed by atoms with Crippen molar-refractivity contribution in [2.75, 3.05) is 13.2 Å². The first kappa shape index (κ1) is 58.9. The van der Waals surface area contributed by atoms with Gasteiger partial charge in [0.2, 0.25) is 11.5 Å². The van der Waals surface area contributed by atoms with E-state index in [0.29, 0.717) is 11.1 Å². The van der Waals surface area contributed by atoms with Crippen LogP contribution in [-0.2, 0) is 55.9 Å². The summed E-state index contributed by atoms with van der Waals surface area (Å²) in [7, 11) is -9.47. The number of phosphoric acid groups is 2. The number of Topliss-reactive ketones (excluding diaryl/α,β-unsaturated/α-hetero) is 2. The van der Waals surface area contributed by atoms with Crippen LogP contribution in [0.4, 0.5) is 0 Å². The third-order valence-corrected chi connectivity index (χ3v) is 14.1. The average molecular weight is 1040 g/mol. The van der Waals surface area contributed by atoms with Gasteiger partial charge in [0.15, 0.2) is 35.3 Å². The number of ether oxygens (including phenoxy) is 2. The Morgan fingerprint density at radius 1 is 0.569 bits per heavy atom. The quantitative estimate of drug-likeness (QED) is 0.0334. The molecule has 2 aliphatic heterocycles. The first-order valence-electron chi connectivity index (χ1n) is 23.0. The first-order valence-corrected chi connectivity index (χ1v) is 26.0. The number of ketones is 2. The number of carbonyl (C=O) groups is 4. The monoisotopic (exact) mass is 1040 g/mol. The van der Waals surface area contributed by atoms with Crippen LogP contribution in [0.15, 0.2) is 153 Å². The van der Waals surface area contributed by atoms with Crippen molar-refractivity contribution < 1.29 is 86.1 Å². The highest BCUT2D eigenvalue weighted by Gasteiger charge is 2.44. The van der Waals surface area contributed by atoms with Crippen molar-refractivity contribution in [2.24, 2.45) is 10.8 Å². The van der Waals surface area contributed by atoms with Crippen LogP contribution in [-0.4, -0.2) is 91.3 Å². The van der Waals surface area contributed by atoms with Gasteiger partial charge in [-0.2, -0.15) is 0 Å². The molecule has 0 aromatic rings. The molecule has 0 spiro atoms. The second-order valence-electron chi connectivity index (χ2n) is 19.0. The van der Waals surface area contributed by atoms with Crippen LogP contribution in [0, 0.1) is 10.8 Å². The summed E-state index contributed by atoms with van der Waals surface area (Å²) >= 11 is 0. The zero-order valence-electron chi connectivity index (χ0n) is 42.1. The molecule has 2 aliphatic carbocycles. The molecule has 0 amide bonds. The van der Waals surface area contributed by atoms with Gasteiger partial charge in [-0.3, -0.25) is 27.7 Å². The van der Waals surface area contributed by atoms with Gasteiger partial charge < -0.3 is 39.7 Å². The molecule has 0 saturated heterocycles. The van der Waals surface area contributed by atoms with E-state index in [1.807, 2.05) is 140 Å². The lowest BCUT2D eigenvalue weighted by Crippen LogP contribution is -2.37. The molecule has 72 heavy (non-hydrogen) atoms. The molecule has 0 aromatic carbocycles. The molecule has 20 heteroatoms. The highest BCUT2D eigenvalue weighted by atomic mass is 31.2. The van der Waals surface area contributed by atoms with Crippen LogP contribution in [0.5, 0.6) is 0 Å². The van der Waals surface area contributed by atoms with Crippen LogP contribution >= 0.6 is 15.6 Å². The van der Waals surface area contributed by atoms with E-state index < -0.39 is 111 Å². The lowest BCUT2D eigenvalue weighted by atomic mass is 9.71. The van der Waals surface area contributed by atoms with Crippen molar-refractivity contribution in [2.45, 2.75) is 119 Å². The number of rotatable bonds is 22.